The van der Waals surface area contributed by atoms with Gasteiger partial charge in [0.2, 0.25) is 0 Å². The molecule has 0 saturated carbocycles. The van der Waals surface area contributed by atoms with E-state index in [0.717, 1.165) is 38.7 Å². The van der Waals surface area contributed by atoms with E-state index in [9.17, 15) is 9.90 Å². The van der Waals surface area contributed by atoms with Gasteiger partial charge in [0, 0.05) is 18.6 Å². The van der Waals surface area contributed by atoms with Crippen LogP contribution < -0.4 is 10.6 Å². The molecule has 1 fully saturated rings. The molecule has 0 spiro atoms. The van der Waals surface area contributed by atoms with E-state index in [1.807, 2.05) is 13.8 Å². The molecule has 1 saturated heterocycles. The molecule has 118 valence electrons. The third kappa shape index (κ3) is 4.63. The lowest BCUT2D eigenvalue weighted by Gasteiger charge is -2.30. The first-order chi connectivity index (χ1) is 9.60. The first-order valence-electron chi connectivity index (χ1n) is 7.87. The molecule has 2 unspecified atom stereocenters. The smallest absolute Gasteiger partial charge is 0.315 e. The van der Waals surface area contributed by atoms with Crippen LogP contribution in [0.25, 0.3) is 0 Å². The monoisotopic (exact) mass is 286 g/mol. The van der Waals surface area contributed by atoms with Gasteiger partial charge in [-0.25, -0.2) is 4.79 Å². The summed E-state index contributed by atoms with van der Waals surface area (Å²) in [6, 6.07) is -0.0867. The molecular weight excluding hydrogens is 256 g/mol. The molecule has 2 amide bonds. The van der Waals surface area contributed by atoms with Crippen molar-refractivity contribution in [2.45, 2.75) is 65.0 Å². The molecule has 0 bridgehead atoms. The Balaban J connectivity index is 2.41. The van der Waals surface area contributed by atoms with E-state index in [1.54, 1.807) is 0 Å². The molecule has 0 radical (unpaired) electrons. The van der Waals surface area contributed by atoms with Gasteiger partial charge in [-0.05, 0) is 32.1 Å². The molecule has 0 aromatic heterocycles. The van der Waals surface area contributed by atoms with Crippen molar-refractivity contribution in [3.63, 3.8) is 0 Å². The van der Waals surface area contributed by atoms with Crippen molar-refractivity contribution in [1.82, 2.24) is 10.6 Å². The van der Waals surface area contributed by atoms with Gasteiger partial charge in [-0.3, -0.25) is 0 Å². The summed E-state index contributed by atoms with van der Waals surface area (Å²) in [5.41, 5.74) is -0.205. The first-order valence-corrected chi connectivity index (χ1v) is 7.87. The minimum absolute atomic E-state index is 0.0734. The van der Waals surface area contributed by atoms with Crippen LogP contribution in [0.4, 0.5) is 4.79 Å². The number of aliphatic hydroxyl groups excluding tert-OH is 1. The van der Waals surface area contributed by atoms with E-state index in [0.29, 0.717) is 6.54 Å². The number of ether oxygens (including phenoxy) is 1. The highest BCUT2D eigenvalue weighted by Gasteiger charge is 2.28. The van der Waals surface area contributed by atoms with Crippen LogP contribution in [-0.2, 0) is 4.74 Å². The van der Waals surface area contributed by atoms with Crippen molar-refractivity contribution in [2.24, 2.45) is 5.41 Å². The molecule has 0 aromatic rings. The zero-order valence-corrected chi connectivity index (χ0v) is 13.1. The Morgan fingerprint density at radius 1 is 1.40 bits per heavy atom. The summed E-state index contributed by atoms with van der Waals surface area (Å²) in [7, 11) is 0. The van der Waals surface area contributed by atoms with E-state index >= 15 is 0 Å². The molecule has 1 rings (SSSR count). The Morgan fingerprint density at radius 3 is 2.55 bits per heavy atom. The minimum Gasteiger partial charge on any atom is -0.396 e. The third-order valence-corrected chi connectivity index (χ3v) is 4.63. The van der Waals surface area contributed by atoms with Crippen LogP contribution in [0.15, 0.2) is 0 Å². The van der Waals surface area contributed by atoms with Crippen molar-refractivity contribution >= 4 is 6.03 Å². The van der Waals surface area contributed by atoms with Crippen LogP contribution in [0.2, 0.25) is 0 Å². The van der Waals surface area contributed by atoms with Gasteiger partial charge in [0.15, 0.2) is 0 Å². The lowest BCUT2D eigenvalue weighted by Crippen LogP contribution is -2.50. The third-order valence-electron chi connectivity index (χ3n) is 4.63. The predicted octanol–water partition coefficient (Wildman–Crippen LogP) is 2.04. The molecule has 5 heteroatoms. The van der Waals surface area contributed by atoms with Crippen LogP contribution in [0, 0.1) is 5.41 Å². The summed E-state index contributed by atoms with van der Waals surface area (Å²) in [6.45, 7) is 7.54. The normalized spacial score (nSPS) is 20.7. The van der Waals surface area contributed by atoms with Gasteiger partial charge in [-0.1, -0.05) is 20.8 Å². The topological polar surface area (TPSA) is 70.6 Å². The molecule has 1 heterocycles. The summed E-state index contributed by atoms with van der Waals surface area (Å²) in [5.74, 6) is 0. The number of aliphatic hydroxyl groups is 1. The van der Waals surface area contributed by atoms with Crippen molar-refractivity contribution < 1.29 is 14.6 Å². The minimum atomic E-state index is -0.205. The maximum atomic E-state index is 12.0. The molecule has 0 aromatic carbocycles. The van der Waals surface area contributed by atoms with Gasteiger partial charge in [0.05, 0.1) is 18.8 Å². The predicted molar refractivity (Wildman–Crippen MR) is 79.7 cm³/mol. The maximum Gasteiger partial charge on any atom is 0.315 e. The van der Waals surface area contributed by atoms with Gasteiger partial charge in [0.25, 0.3) is 0 Å². The Kier molecular flexibility index (Phi) is 7.30. The molecule has 1 aliphatic heterocycles. The number of nitrogens with one attached hydrogen (secondary N) is 2. The molecule has 0 aliphatic carbocycles. The number of hydrogen-bond donors (Lipinski definition) is 3. The van der Waals surface area contributed by atoms with E-state index in [4.69, 9.17) is 4.74 Å². The van der Waals surface area contributed by atoms with Crippen LogP contribution in [0.5, 0.6) is 0 Å². The number of carbonyl (C=O) groups excluding carboxylic acids is 1. The Bertz CT molecular complexity index is 279. The quantitative estimate of drug-likeness (QED) is 0.639. The summed E-state index contributed by atoms with van der Waals surface area (Å²) in [4.78, 5) is 12.0. The van der Waals surface area contributed by atoms with Gasteiger partial charge < -0.3 is 20.5 Å². The number of rotatable bonds is 8. The van der Waals surface area contributed by atoms with Crippen molar-refractivity contribution in [3.05, 3.63) is 0 Å². The van der Waals surface area contributed by atoms with Gasteiger partial charge in [-0.2, -0.15) is 0 Å². The van der Waals surface area contributed by atoms with Crippen molar-refractivity contribution in [3.8, 4) is 0 Å². The van der Waals surface area contributed by atoms with E-state index in [-0.39, 0.29) is 30.2 Å². The van der Waals surface area contributed by atoms with E-state index in [2.05, 4.69) is 17.6 Å². The highest BCUT2D eigenvalue weighted by Crippen LogP contribution is 2.24. The average Bonchev–Trinajstić information content (AvgIpc) is 3.01. The Morgan fingerprint density at radius 2 is 2.10 bits per heavy atom. The molecular formula is C15H30N2O3. The Hall–Kier alpha value is -0.810. The van der Waals surface area contributed by atoms with Crippen LogP contribution in [0.1, 0.15) is 52.9 Å². The standard InChI is InChI=1S/C15H30N2O3/c1-4-12(13-8-7-9-20-13)17-14(19)16-10-15(5-2,6-3)11-18/h12-13,18H,4-11H2,1-3H3,(H2,16,17,19). The molecule has 1 aliphatic rings. The van der Waals surface area contributed by atoms with Crippen molar-refractivity contribution in [1.29, 1.82) is 0 Å². The lowest BCUT2D eigenvalue weighted by atomic mass is 9.83. The summed E-state index contributed by atoms with van der Waals surface area (Å²) >= 11 is 0. The second-order valence-corrected chi connectivity index (χ2v) is 5.76. The summed E-state index contributed by atoms with van der Waals surface area (Å²) < 4.78 is 5.63. The molecule has 2 atom stereocenters. The molecule has 5 nitrogen and oxygen atoms in total. The fraction of sp³-hybridized carbons (Fsp3) is 0.933. The number of amides is 2. The Labute approximate surface area is 122 Å². The fourth-order valence-electron chi connectivity index (χ4n) is 2.64. The van der Waals surface area contributed by atoms with Gasteiger partial charge >= 0.3 is 6.03 Å². The highest BCUT2D eigenvalue weighted by atomic mass is 16.5. The SMILES string of the molecule is CCC(NC(=O)NCC(CC)(CC)CO)C1CCCO1. The first kappa shape index (κ1) is 17.2. The highest BCUT2D eigenvalue weighted by molar-refractivity contribution is 5.74. The molecule has 20 heavy (non-hydrogen) atoms. The number of carbonyl (C=O) groups is 1. The van der Waals surface area contributed by atoms with Crippen LogP contribution >= 0.6 is 0 Å². The second kappa shape index (κ2) is 8.47. The van der Waals surface area contributed by atoms with Crippen LogP contribution in [0.3, 0.4) is 0 Å². The largest absolute Gasteiger partial charge is 0.396 e. The zero-order chi connectivity index (χ0) is 15.0. The van der Waals surface area contributed by atoms with Gasteiger partial charge in [-0.15, -0.1) is 0 Å². The van der Waals surface area contributed by atoms with E-state index < -0.39 is 0 Å². The number of urea groups is 1. The van der Waals surface area contributed by atoms with Gasteiger partial charge in [0.1, 0.15) is 0 Å². The fourth-order valence-corrected chi connectivity index (χ4v) is 2.64. The molecule has 3 N–H and O–H groups in total. The van der Waals surface area contributed by atoms with E-state index in [1.165, 1.54) is 0 Å². The lowest BCUT2D eigenvalue weighted by molar-refractivity contribution is 0.0785. The number of hydrogen-bond acceptors (Lipinski definition) is 3. The summed E-state index contributed by atoms with van der Waals surface area (Å²) in [6.07, 6.45) is 4.80. The second-order valence-electron chi connectivity index (χ2n) is 5.76. The van der Waals surface area contributed by atoms with Crippen molar-refractivity contribution in [2.75, 3.05) is 19.8 Å². The maximum absolute atomic E-state index is 12.0. The summed E-state index contributed by atoms with van der Waals surface area (Å²) in [5, 5.41) is 15.4. The average molecular weight is 286 g/mol. The van der Waals surface area contributed by atoms with Crippen LogP contribution in [-0.4, -0.2) is 43.0 Å². The zero-order valence-electron chi connectivity index (χ0n) is 13.1.